The van der Waals surface area contributed by atoms with Crippen LogP contribution in [-0.2, 0) is 0 Å². The molecule has 1 fully saturated rings. The number of nitrogens with zero attached hydrogens (tertiary/aromatic N) is 2. The van der Waals surface area contributed by atoms with Crippen molar-refractivity contribution in [2.75, 3.05) is 26.4 Å². The third-order valence-corrected chi connectivity index (χ3v) is 3.83. The summed E-state index contributed by atoms with van der Waals surface area (Å²) >= 11 is 0. The summed E-state index contributed by atoms with van der Waals surface area (Å²) in [6.45, 7) is 0.672. The summed E-state index contributed by atoms with van der Waals surface area (Å²) in [6.07, 6.45) is 5.00. The molecule has 0 radical (unpaired) electrons. The first-order valence-electron chi connectivity index (χ1n) is 6.21. The van der Waals surface area contributed by atoms with Crippen LogP contribution in [0.2, 0.25) is 0 Å². The molecule has 5 heteroatoms. The van der Waals surface area contributed by atoms with Gasteiger partial charge in [-0.3, -0.25) is 4.79 Å². The first-order chi connectivity index (χ1) is 8.53. The number of hydrogen-bond donors (Lipinski definition) is 2. The van der Waals surface area contributed by atoms with Crippen LogP contribution in [0.3, 0.4) is 0 Å². The molecule has 1 aromatic heterocycles. The summed E-state index contributed by atoms with van der Waals surface area (Å²) in [5.74, 6) is -0.136. The van der Waals surface area contributed by atoms with Gasteiger partial charge >= 0.3 is 0 Å². The highest BCUT2D eigenvalue weighted by atomic mass is 16.1. The number of carbonyl (C=O) groups excluding carboxylic acids is 1. The molecule has 3 N–H and O–H groups in total. The van der Waals surface area contributed by atoms with E-state index in [1.807, 2.05) is 0 Å². The van der Waals surface area contributed by atoms with Gasteiger partial charge in [0.05, 0.1) is 11.9 Å². The number of nitrogens with one attached hydrogen (secondary N) is 1. The molecule has 0 atom stereocenters. The average Bonchev–Trinajstić information content (AvgIpc) is 2.27. The molecule has 1 amide bonds. The molecule has 5 nitrogen and oxygen atoms in total. The van der Waals surface area contributed by atoms with Gasteiger partial charge in [0, 0.05) is 12.1 Å². The van der Waals surface area contributed by atoms with Crippen LogP contribution in [0, 0.1) is 0 Å². The van der Waals surface area contributed by atoms with Crippen molar-refractivity contribution in [1.29, 1.82) is 0 Å². The highest BCUT2D eigenvalue weighted by Gasteiger charge is 2.39. The minimum atomic E-state index is -0.136. The van der Waals surface area contributed by atoms with Crippen LogP contribution >= 0.6 is 0 Å². The van der Waals surface area contributed by atoms with E-state index in [1.165, 1.54) is 12.6 Å². The number of pyridine rings is 1. The van der Waals surface area contributed by atoms with E-state index in [-0.39, 0.29) is 11.4 Å². The standard InChI is InChI=1S/C13H20N4O/c1-17(2)13(6-3-7-13)9-16-12(18)11-5-4-10(14)8-15-11/h4-5,8H,3,6-7,9,14H2,1-2H3,(H,16,18). The molecule has 18 heavy (non-hydrogen) atoms. The fourth-order valence-corrected chi connectivity index (χ4v) is 2.24. The molecule has 2 rings (SSSR count). The normalized spacial score (nSPS) is 17.3. The van der Waals surface area contributed by atoms with Crippen LogP contribution in [-0.4, -0.2) is 42.0 Å². The number of likely N-dealkylation sites (N-methyl/N-ethyl adjacent to an activating group) is 1. The summed E-state index contributed by atoms with van der Waals surface area (Å²) in [5.41, 5.74) is 6.65. The van der Waals surface area contributed by atoms with Gasteiger partial charge in [0.15, 0.2) is 0 Å². The molecule has 1 aliphatic rings. The molecule has 0 spiro atoms. The molecular formula is C13H20N4O. The van der Waals surface area contributed by atoms with Crippen LogP contribution in [0.25, 0.3) is 0 Å². The van der Waals surface area contributed by atoms with E-state index in [9.17, 15) is 4.79 Å². The average molecular weight is 248 g/mol. The van der Waals surface area contributed by atoms with Crippen molar-refractivity contribution in [2.24, 2.45) is 0 Å². The molecule has 0 aromatic carbocycles. The van der Waals surface area contributed by atoms with Crippen LogP contribution in [0.1, 0.15) is 29.8 Å². The fraction of sp³-hybridized carbons (Fsp3) is 0.538. The van der Waals surface area contributed by atoms with Gasteiger partial charge in [-0.15, -0.1) is 0 Å². The molecule has 1 aromatic rings. The first-order valence-corrected chi connectivity index (χ1v) is 6.21. The zero-order valence-electron chi connectivity index (χ0n) is 10.9. The molecule has 0 saturated heterocycles. The van der Waals surface area contributed by atoms with Gasteiger partial charge in [0.25, 0.3) is 5.91 Å². The highest BCUT2D eigenvalue weighted by molar-refractivity contribution is 5.92. The lowest BCUT2D eigenvalue weighted by Gasteiger charge is -2.47. The Labute approximate surface area is 107 Å². The second-order valence-corrected chi connectivity index (χ2v) is 5.13. The number of hydrogen-bond acceptors (Lipinski definition) is 4. The van der Waals surface area contributed by atoms with Crippen molar-refractivity contribution in [3.05, 3.63) is 24.0 Å². The molecule has 0 unspecified atom stereocenters. The Kier molecular flexibility index (Phi) is 3.52. The molecule has 0 aliphatic heterocycles. The highest BCUT2D eigenvalue weighted by Crippen LogP contribution is 2.35. The Hall–Kier alpha value is -1.62. The lowest BCUT2D eigenvalue weighted by molar-refractivity contribution is 0.0556. The summed E-state index contributed by atoms with van der Waals surface area (Å²) in [6, 6.07) is 3.33. The third-order valence-electron chi connectivity index (χ3n) is 3.83. The lowest BCUT2D eigenvalue weighted by Crippen LogP contribution is -2.57. The van der Waals surface area contributed by atoms with E-state index < -0.39 is 0 Å². The molecule has 1 saturated carbocycles. The predicted molar refractivity (Wildman–Crippen MR) is 71.3 cm³/mol. The van der Waals surface area contributed by atoms with E-state index in [2.05, 4.69) is 29.3 Å². The van der Waals surface area contributed by atoms with Crippen molar-refractivity contribution in [1.82, 2.24) is 15.2 Å². The van der Waals surface area contributed by atoms with Gasteiger partial charge in [0.2, 0.25) is 0 Å². The topological polar surface area (TPSA) is 71.2 Å². The van der Waals surface area contributed by atoms with Crippen LogP contribution in [0.4, 0.5) is 5.69 Å². The summed E-state index contributed by atoms with van der Waals surface area (Å²) < 4.78 is 0. The van der Waals surface area contributed by atoms with Crippen LogP contribution in [0.5, 0.6) is 0 Å². The van der Waals surface area contributed by atoms with Gasteiger partial charge in [-0.2, -0.15) is 0 Å². The first kappa shape index (κ1) is 12.8. The number of amides is 1. The Morgan fingerprint density at radius 2 is 2.22 bits per heavy atom. The maximum Gasteiger partial charge on any atom is 0.269 e. The largest absolute Gasteiger partial charge is 0.397 e. The van der Waals surface area contributed by atoms with Gasteiger partial charge in [-0.1, -0.05) is 0 Å². The molecular weight excluding hydrogens is 228 g/mol. The number of aromatic nitrogens is 1. The monoisotopic (exact) mass is 248 g/mol. The fourth-order valence-electron chi connectivity index (χ4n) is 2.24. The number of nitrogen functional groups attached to an aromatic ring is 1. The Balaban J connectivity index is 1.94. The Morgan fingerprint density at radius 1 is 1.50 bits per heavy atom. The number of rotatable bonds is 4. The van der Waals surface area contributed by atoms with E-state index in [4.69, 9.17) is 5.73 Å². The smallest absolute Gasteiger partial charge is 0.269 e. The number of carbonyl (C=O) groups is 1. The van der Waals surface area contributed by atoms with Crippen molar-refractivity contribution >= 4 is 11.6 Å². The van der Waals surface area contributed by atoms with Crippen molar-refractivity contribution < 1.29 is 4.79 Å². The molecule has 1 heterocycles. The van der Waals surface area contributed by atoms with E-state index >= 15 is 0 Å². The minimum Gasteiger partial charge on any atom is -0.397 e. The second kappa shape index (κ2) is 4.94. The Bertz CT molecular complexity index is 423. The number of nitrogens with two attached hydrogens (primary N) is 1. The van der Waals surface area contributed by atoms with Gasteiger partial charge < -0.3 is 16.0 Å². The van der Waals surface area contributed by atoms with Crippen molar-refractivity contribution in [3.63, 3.8) is 0 Å². The quantitative estimate of drug-likeness (QED) is 0.829. The minimum absolute atomic E-state index is 0.128. The van der Waals surface area contributed by atoms with E-state index in [0.29, 0.717) is 17.9 Å². The molecule has 1 aliphatic carbocycles. The predicted octanol–water partition coefficient (Wildman–Crippen LogP) is 0.878. The zero-order chi connectivity index (χ0) is 13.2. The summed E-state index contributed by atoms with van der Waals surface area (Å²) in [4.78, 5) is 18.2. The van der Waals surface area contributed by atoms with Gasteiger partial charge in [-0.25, -0.2) is 4.98 Å². The van der Waals surface area contributed by atoms with Crippen LogP contribution < -0.4 is 11.1 Å². The number of anilines is 1. The molecule has 98 valence electrons. The zero-order valence-corrected chi connectivity index (χ0v) is 10.9. The van der Waals surface area contributed by atoms with E-state index in [1.54, 1.807) is 12.1 Å². The van der Waals surface area contributed by atoms with E-state index in [0.717, 1.165) is 12.8 Å². The van der Waals surface area contributed by atoms with Crippen LogP contribution in [0.15, 0.2) is 18.3 Å². The van der Waals surface area contributed by atoms with Crippen molar-refractivity contribution in [3.8, 4) is 0 Å². The Morgan fingerprint density at radius 3 is 2.67 bits per heavy atom. The summed E-state index contributed by atoms with van der Waals surface area (Å²) in [5, 5.41) is 2.96. The second-order valence-electron chi connectivity index (χ2n) is 5.13. The molecule has 0 bridgehead atoms. The van der Waals surface area contributed by atoms with Gasteiger partial charge in [0.1, 0.15) is 5.69 Å². The summed E-state index contributed by atoms with van der Waals surface area (Å²) in [7, 11) is 4.12. The van der Waals surface area contributed by atoms with Gasteiger partial charge in [-0.05, 0) is 45.5 Å². The van der Waals surface area contributed by atoms with Crippen molar-refractivity contribution in [2.45, 2.75) is 24.8 Å². The maximum absolute atomic E-state index is 11.9. The maximum atomic E-state index is 11.9. The lowest BCUT2D eigenvalue weighted by atomic mass is 9.75. The SMILES string of the molecule is CN(C)C1(CNC(=O)c2ccc(N)cn2)CCC1. The third kappa shape index (κ3) is 2.46.